The molecule has 0 atom stereocenters. The first-order chi connectivity index (χ1) is 14.6. The van der Waals surface area contributed by atoms with Gasteiger partial charge in [0.2, 0.25) is 5.91 Å². The highest BCUT2D eigenvalue weighted by Crippen LogP contribution is 2.21. The zero-order chi connectivity index (χ0) is 21.1. The first kappa shape index (κ1) is 20.3. The van der Waals surface area contributed by atoms with Crippen LogP contribution in [0.1, 0.15) is 6.92 Å². The number of rotatable bonds is 4. The minimum atomic E-state index is -0.303. The molecule has 162 valence electrons. The van der Waals surface area contributed by atoms with Crippen molar-refractivity contribution in [2.24, 2.45) is 7.05 Å². The van der Waals surface area contributed by atoms with Crippen LogP contribution < -0.4 is 4.90 Å². The smallest absolute Gasteiger partial charge is 0.409 e. The molecule has 12 nitrogen and oxygen atoms in total. The summed E-state index contributed by atoms with van der Waals surface area (Å²) < 4.78 is 6.66. The molecule has 0 spiro atoms. The number of hydrogen-bond donors (Lipinski definition) is 0. The van der Waals surface area contributed by atoms with E-state index in [0.717, 1.165) is 32.0 Å². The van der Waals surface area contributed by atoms with Gasteiger partial charge in [-0.25, -0.2) is 19.4 Å². The molecule has 2 aliphatic heterocycles. The van der Waals surface area contributed by atoms with Gasteiger partial charge < -0.3 is 19.4 Å². The molecule has 0 aromatic carbocycles. The number of anilines is 1. The maximum Gasteiger partial charge on any atom is 0.409 e. The fraction of sp³-hybridized carbons (Fsp3) is 0.667. The van der Waals surface area contributed by atoms with Crippen LogP contribution >= 0.6 is 0 Å². The van der Waals surface area contributed by atoms with E-state index in [4.69, 9.17) is 4.74 Å². The molecule has 2 aliphatic rings. The van der Waals surface area contributed by atoms with Crippen LogP contribution in [0.2, 0.25) is 0 Å². The van der Waals surface area contributed by atoms with Crippen molar-refractivity contribution >= 4 is 29.0 Å². The second-order valence-corrected chi connectivity index (χ2v) is 7.41. The van der Waals surface area contributed by atoms with Crippen LogP contribution in [-0.4, -0.2) is 117 Å². The standard InChI is InChI=1S/C18H27N9O3/c1-3-30-18(29)27-10-8-25(9-11-27)14(28)12-24-4-6-26(7-5-24)17-15-16(19-13-20-17)23(2)22-21-15/h13H,3-12H2,1-2H3. The molecule has 2 amide bonds. The Balaban J connectivity index is 1.27. The molecule has 0 bridgehead atoms. The Hall–Kier alpha value is -3.02. The number of aromatic nitrogens is 5. The summed E-state index contributed by atoms with van der Waals surface area (Å²) in [5.41, 5.74) is 1.41. The van der Waals surface area contributed by atoms with E-state index >= 15 is 0 Å². The van der Waals surface area contributed by atoms with Crippen LogP contribution in [0.25, 0.3) is 11.2 Å². The van der Waals surface area contributed by atoms with Gasteiger partial charge in [-0.2, -0.15) is 0 Å². The zero-order valence-corrected chi connectivity index (χ0v) is 17.4. The largest absolute Gasteiger partial charge is 0.450 e. The number of aryl methyl sites for hydroxylation is 1. The van der Waals surface area contributed by atoms with E-state index in [1.165, 1.54) is 6.33 Å². The molecule has 12 heteroatoms. The van der Waals surface area contributed by atoms with Crippen LogP contribution in [0, 0.1) is 0 Å². The normalized spacial score (nSPS) is 18.1. The van der Waals surface area contributed by atoms with Gasteiger partial charge in [0.25, 0.3) is 0 Å². The molecule has 30 heavy (non-hydrogen) atoms. The molecule has 0 saturated carbocycles. The van der Waals surface area contributed by atoms with Gasteiger partial charge in [-0.3, -0.25) is 9.69 Å². The van der Waals surface area contributed by atoms with E-state index in [1.54, 1.807) is 16.5 Å². The van der Waals surface area contributed by atoms with Gasteiger partial charge in [0.1, 0.15) is 6.33 Å². The van der Waals surface area contributed by atoms with Crippen LogP contribution in [0.5, 0.6) is 0 Å². The maximum absolute atomic E-state index is 12.7. The highest BCUT2D eigenvalue weighted by molar-refractivity contribution is 5.82. The van der Waals surface area contributed by atoms with Gasteiger partial charge >= 0.3 is 6.09 Å². The lowest BCUT2D eigenvalue weighted by molar-refractivity contribution is -0.134. The average Bonchev–Trinajstić information content (AvgIpc) is 3.16. The summed E-state index contributed by atoms with van der Waals surface area (Å²) >= 11 is 0. The summed E-state index contributed by atoms with van der Waals surface area (Å²) in [5, 5.41) is 8.22. The van der Waals surface area contributed by atoms with Crippen molar-refractivity contribution in [3.05, 3.63) is 6.33 Å². The van der Waals surface area contributed by atoms with Gasteiger partial charge in [0.05, 0.1) is 13.2 Å². The van der Waals surface area contributed by atoms with Gasteiger partial charge in [-0.1, -0.05) is 5.21 Å². The molecule has 4 rings (SSSR count). The quantitative estimate of drug-likeness (QED) is 0.630. The van der Waals surface area contributed by atoms with Crippen molar-refractivity contribution in [2.45, 2.75) is 6.92 Å². The number of fused-ring (bicyclic) bond motifs is 1. The monoisotopic (exact) mass is 417 g/mol. The Labute approximate surface area is 174 Å². The summed E-state index contributed by atoms with van der Waals surface area (Å²) in [6, 6.07) is 0. The predicted molar refractivity (Wildman–Crippen MR) is 108 cm³/mol. The summed E-state index contributed by atoms with van der Waals surface area (Å²) in [6.07, 6.45) is 1.23. The Kier molecular flexibility index (Phi) is 5.93. The summed E-state index contributed by atoms with van der Waals surface area (Å²) in [4.78, 5) is 40.9. The number of nitrogens with zero attached hydrogens (tertiary/aromatic N) is 9. The molecule has 0 aliphatic carbocycles. The van der Waals surface area contributed by atoms with Gasteiger partial charge in [0, 0.05) is 59.4 Å². The Bertz CT molecular complexity index is 901. The van der Waals surface area contributed by atoms with E-state index < -0.39 is 0 Å². The Morgan fingerprint density at radius 3 is 2.40 bits per heavy atom. The third-order valence-electron chi connectivity index (χ3n) is 5.56. The first-order valence-corrected chi connectivity index (χ1v) is 10.2. The minimum Gasteiger partial charge on any atom is -0.450 e. The van der Waals surface area contributed by atoms with Gasteiger partial charge in [-0.15, -0.1) is 5.10 Å². The Morgan fingerprint density at radius 1 is 1.00 bits per heavy atom. The van der Waals surface area contributed by atoms with E-state index in [1.807, 2.05) is 11.9 Å². The van der Waals surface area contributed by atoms with E-state index in [-0.39, 0.29) is 12.0 Å². The molecule has 0 unspecified atom stereocenters. The molecule has 2 aromatic heterocycles. The van der Waals surface area contributed by atoms with Crippen molar-refractivity contribution in [1.82, 2.24) is 39.7 Å². The van der Waals surface area contributed by atoms with Gasteiger partial charge in [0.15, 0.2) is 17.0 Å². The molecule has 0 N–H and O–H groups in total. The lowest BCUT2D eigenvalue weighted by Gasteiger charge is -2.38. The first-order valence-electron chi connectivity index (χ1n) is 10.2. The fourth-order valence-electron chi connectivity index (χ4n) is 3.83. The number of amides is 2. The Morgan fingerprint density at radius 2 is 1.70 bits per heavy atom. The lowest BCUT2D eigenvalue weighted by atomic mass is 10.2. The van der Waals surface area contributed by atoms with Crippen LogP contribution in [0.3, 0.4) is 0 Å². The molecule has 2 aromatic rings. The molecular weight excluding hydrogens is 390 g/mol. The number of carbonyl (C=O) groups is 2. The minimum absolute atomic E-state index is 0.102. The molecular formula is C18H27N9O3. The predicted octanol–water partition coefficient (Wildman–Crippen LogP) is -0.819. The van der Waals surface area contributed by atoms with Crippen molar-refractivity contribution < 1.29 is 14.3 Å². The number of carbonyl (C=O) groups excluding carboxylic acids is 2. The van der Waals surface area contributed by atoms with E-state index in [2.05, 4.69) is 30.1 Å². The van der Waals surface area contributed by atoms with E-state index in [9.17, 15) is 9.59 Å². The van der Waals surface area contributed by atoms with Crippen molar-refractivity contribution in [1.29, 1.82) is 0 Å². The average molecular weight is 417 g/mol. The van der Waals surface area contributed by atoms with Crippen molar-refractivity contribution in [2.75, 3.05) is 70.4 Å². The maximum atomic E-state index is 12.7. The molecule has 4 heterocycles. The summed E-state index contributed by atoms with van der Waals surface area (Å²) in [6.45, 7) is 7.70. The molecule has 0 radical (unpaired) electrons. The summed E-state index contributed by atoms with van der Waals surface area (Å²) in [7, 11) is 1.81. The highest BCUT2D eigenvalue weighted by Gasteiger charge is 2.27. The second-order valence-electron chi connectivity index (χ2n) is 7.41. The van der Waals surface area contributed by atoms with Crippen LogP contribution in [-0.2, 0) is 16.6 Å². The van der Waals surface area contributed by atoms with Gasteiger partial charge in [-0.05, 0) is 6.92 Å². The van der Waals surface area contributed by atoms with Crippen LogP contribution in [0.4, 0.5) is 10.6 Å². The van der Waals surface area contributed by atoms with Crippen LogP contribution in [0.15, 0.2) is 6.33 Å². The third kappa shape index (κ3) is 4.13. The third-order valence-corrected chi connectivity index (χ3v) is 5.56. The number of hydrogen-bond acceptors (Lipinski definition) is 9. The molecule has 2 saturated heterocycles. The van der Waals surface area contributed by atoms with Crippen molar-refractivity contribution in [3.8, 4) is 0 Å². The second kappa shape index (κ2) is 8.78. The zero-order valence-electron chi connectivity index (χ0n) is 17.4. The fourth-order valence-corrected chi connectivity index (χ4v) is 3.83. The SMILES string of the molecule is CCOC(=O)N1CCN(C(=O)CN2CCN(c3ncnc4c3nnn4C)CC2)CC1. The van der Waals surface area contributed by atoms with E-state index in [0.29, 0.717) is 50.5 Å². The highest BCUT2D eigenvalue weighted by atomic mass is 16.6. The number of piperazine rings is 2. The summed E-state index contributed by atoms with van der Waals surface area (Å²) in [5.74, 6) is 0.888. The van der Waals surface area contributed by atoms with Crippen molar-refractivity contribution in [3.63, 3.8) is 0 Å². The molecule has 2 fully saturated rings. The number of ether oxygens (including phenoxy) is 1. The topological polar surface area (TPSA) is 113 Å². The lowest BCUT2D eigenvalue weighted by Crippen LogP contribution is -2.54.